The summed E-state index contributed by atoms with van der Waals surface area (Å²) in [7, 11) is 0. The lowest BCUT2D eigenvalue weighted by molar-refractivity contribution is 0.171. The number of hydrogen-bond acceptors (Lipinski definition) is 6. The van der Waals surface area contributed by atoms with Crippen molar-refractivity contribution in [1.29, 1.82) is 0 Å². The number of aromatic nitrogens is 2. The van der Waals surface area contributed by atoms with Gasteiger partial charge in [0, 0.05) is 23.9 Å². The van der Waals surface area contributed by atoms with Crippen molar-refractivity contribution in [3.8, 4) is 11.5 Å². The third-order valence-electron chi connectivity index (χ3n) is 3.68. The largest absolute Gasteiger partial charge is 0.486 e. The topological polar surface area (TPSA) is 68.3 Å². The number of nitrogens with zero attached hydrogens (tertiary/aromatic N) is 2. The third-order valence-corrected chi connectivity index (χ3v) is 3.68. The predicted octanol–water partition coefficient (Wildman–Crippen LogP) is 4.01. The summed E-state index contributed by atoms with van der Waals surface area (Å²) in [5.41, 5.74) is 0.877. The SMILES string of the molecule is Fc1ccc(Nc2cc(Nc3ccc4c(c3)OCCO4)ncn2)c(F)c1. The average molecular weight is 356 g/mol. The van der Waals surface area contributed by atoms with E-state index < -0.39 is 11.6 Å². The van der Waals surface area contributed by atoms with Crippen molar-refractivity contribution in [1.82, 2.24) is 9.97 Å². The molecule has 0 unspecified atom stereocenters. The molecule has 0 amide bonds. The Hall–Kier alpha value is -3.42. The summed E-state index contributed by atoms with van der Waals surface area (Å²) in [6.07, 6.45) is 1.34. The number of rotatable bonds is 4. The van der Waals surface area contributed by atoms with E-state index in [4.69, 9.17) is 9.47 Å². The highest BCUT2D eigenvalue weighted by Crippen LogP contribution is 2.33. The molecule has 26 heavy (non-hydrogen) atoms. The van der Waals surface area contributed by atoms with Gasteiger partial charge in [0.05, 0.1) is 5.69 Å². The van der Waals surface area contributed by atoms with Gasteiger partial charge in [0.25, 0.3) is 0 Å². The van der Waals surface area contributed by atoms with E-state index in [9.17, 15) is 8.78 Å². The minimum absolute atomic E-state index is 0.121. The van der Waals surface area contributed by atoms with Gasteiger partial charge in [-0.3, -0.25) is 0 Å². The second-order valence-electron chi connectivity index (χ2n) is 5.52. The van der Waals surface area contributed by atoms with Crippen LogP contribution in [0.5, 0.6) is 11.5 Å². The van der Waals surface area contributed by atoms with Crippen molar-refractivity contribution in [2.45, 2.75) is 0 Å². The van der Waals surface area contributed by atoms with Crippen LogP contribution in [-0.2, 0) is 0 Å². The van der Waals surface area contributed by atoms with Gasteiger partial charge in [-0.1, -0.05) is 0 Å². The Morgan fingerprint density at radius 2 is 1.58 bits per heavy atom. The van der Waals surface area contributed by atoms with Crippen LogP contribution >= 0.6 is 0 Å². The van der Waals surface area contributed by atoms with Gasteiger partial charge in [-0.25, -0.2) is 18.7 Å². The molecular weight excluding hydrogens is 342 g/mol. The second-order valence-corrected chi connectivity index (χ2v) is 5.52. The number of ether oxygens (including phenoxy) is 2. The van der Waals surface area contributed by atoms with Gasteiger partial charge in [-0.05, 0) is 24.3 Å². The van der Waals surface area contributed by atoms with Crippen LogP contribution in [0.4, 0.5) is 31.8 Å². The van der Waals surface area contributed by atoms with Crippen LogP contribution in [0.2, 0.25) is 0 Å². The lowest BCUT2D eigenvalue weighted by Gasteiger charge is -2.19. The number of anilines is 4. The van der Waals surface area contributed by atoms with Gasteiger partial charge < -0.3 is 20.1 Å². The molecule has 0 spiro atoms. The maximum absolute atomic E-state index is 13.8. The number of fused-ring (bicyclic) bond motifs is 1. The summed E-state index contributed by atoms with van der Waals surface area (Å²) in [6.45, 7) is 1.03. The van der Waals surface area contributed by atoms with E-state index in [1.807, 2.05) is 18.2 Å². The van der Waals surface area contributed by atoms with Gasteiger partial charge in [-0.2, -0.15) is 0 Å². The number of nitrogens with one attached hydrogen (secondary N) is 2. The first kappa shape index (κ1) is 16.1. The van der Waals surface area contributed by atoms with Crippen molar-refractivity contribution in [3.63, 3.8) is 0 Å². The first-order chi connectivity index (χ1) is 12.7. The van der Waals surface area contributed by atoms with E-state index in [1.54, 1.807) is 6.07 Å². The quantitative estimate of drug-likeness (QED) is 0.736. The number of benzene rings is 2. The maximum Gasteiger partial charge on any atom is 0.163 e. The molecular formula is C18H14F2N4O2. The lowest BCUT2D eigenvalue weighted by atomic mass is 10.2. The molecule has 4 rings (SSSR count). The Balaban J connectivity index is 1.52. The van der Waals surface area contributed by atoms with Crippen LogP contribution in [0.1, 0.15) is 0 Å². The Kier molecular flexibility index (Phi) is 4.22. The molecule has 2 aromatic carbocycles. The first-order valence-electron chi connectivity index (χ1n) is 7.88. The maximum atomic E-state index is 13.8. The first-order valence-corrected chi connectivity index (χ1v) is 7.88. The minimum Gasteiger partial charge on any atom is -0.486 e. The van der Waals surface area contributed by atoms with E-state index in [0.29, 0.717) is 36.3 Å². The van der Waals surface area contributed by atoms with E-state index in [2.05, 4.69) is 20.6 Å². The molecule has 1 aliphatic heterocycles. The smallest absolute Gasteiger partial charge is 0.163 e. The monoisotopic (exact) mass is 356 g/mol. The highest BCUT2D eigenvalue weighted by Gasteiger charge is 2.12. The molecule has 8 heteroatoms. The van der Waals surface area contributed by atoms with E-state index in [-0.39, 0.29) is 5.69 Å². The minimum atomic E-state index is -0.704. The van der Waals surface area contributed by atoms with Crippen LogP contribution in [0, 0.1) is 11.6 Å². The fraction of sp³-hybridized carbons (Fsp3) is 0.111. The van der Waals surface area contributed by atoms with Crippen LogP contribution in [-0.4, -0.2) is 23.2 Å². The Morgan fingerprint density at radius 1 is 0.808 bits per heavy atom. The molecule has 0 radical (unpaired) electrons. The van der Waals surface area contributed by atoms with Gasteiger partial charge in [0.2, 0.25) is 0 Å². The number of halogens is 2. The fourth-order valence-electron chi connectivity index (χ4n) is 2.49. The summed E-state index contributed by atoms with van der Waals surface area (Å²) in [5.74, 6) is 0.870. The van der Waals surface area contributed by atoms with Crippen LogP contribution in [0.25, 0.3) is 0 Å². The second kappa shape index (κ2) is 6.83. The summed E-state index contributed by atoms with van der Waals surface area (Å²) in [5, 5.41) is 5.92. The zero-order valence-corrected chi connectivity index (χ0v) is 13.5. The van der Waals surface area contributed by atoms with Crippen molar-refractivity contribution in [2.24, 2.45) is 0 Å². The van der Waals surface area contributed by atoms with Crippen molar-refractivity contribution >= 4 is 23.0 Å². The normalized spacial score (nSPS) is 12.5. The van der Waals surface area contributed by atoms with E-state index in [0.717, 1.165) is 11.8 Å². The zero-order chi connectivity index (χ0) is 17.9. The Morgan fingerprint density at radius 3 is 2.38 bits per heavy atom. The Labute approximate surface area is 147 Å². The fourth-order valence-corrected chi connectivity index (χ4v) is 2.49. The molecule has 132 valence electrons. The molecule has 6 nitrogen and oxygen atoms in total. The summed E-state index contributed by atoms with van der Waals surface area (Å²) in [6, 6.07) is 10.3. The highest BCUT2D eigenvalue weighted by atomic mass is 19.1. The van der Waals surface area contributed by atoms with Crippen molar-refractivity contribution in [3.05, 3.63) is 60.4 Å². The van der Waals surface area contributed by atoms with Crippen LogP contribution in [0.3, 0.4) is 0 Å². The molecule has 0 fully saturated rings. The number of hydrogen-bond donors (Lipinski definition) is 2. The summed E-state index contributed by atoms with van der Waals surface area (Å²) in [4.78, 5) is 8.18. The summed E-state index contributed by atoms with van der Waals surface area (Å²) < 4.78 is 37.8. The predicted molar refractivity (Wildman–Crippen MR) is 92.4 cm³/mol. The molecule has 1 aromatic heterocycles. The van der Waals surface area contributed by atoms with Gasteiger partial charge >= 0.3 is 0 Å². The highest BCUT2D eigenvalue weighted by molar-refractivity contribution is 5.65. The van der Waals surface area contributed by atoms with Gasteiger partial charge in [-0.15, -0.1) is 0 Å². The molecule has 0 bridgehead atoms. The van der Waals surface area contributed by atoms with E-state index in [1.165, 1.54) is 18.5 Å². The molecule has 3 aromatic rings. The molecule has 0 atom stereocenters. The van der Waals surface area contributed by atoms with Gasteiger partial charge in [0.15, 0.2) is 11.5 Å². The third kappa shape index (κ3) is 3.49. The van der Waals surface area contributed by atoms with Crippen molar-refractivity contribution < 1.29 is 18.3 Å². The van der Waals surface area contributed by atoms with Gasteiger partial charge in [0.1, 0.15) is 42.8 Å². The molecule has 0 saturated heterocycles. The van der Waals surface area contributed by atoms with Crippen LogP contribution in [0.15, 0.2) is 48.8 Å². The average Bonchev–Trinajstić information content (AvgIpc) is 2.64. The van der Waals surface area contributed by atoms with E-state index >= 15 is 0 Å². The Bertz CT molecular complexity index is 952. The lowest BCUT2D eigenvalue weighted by Crippen LogP contribution is -2.15. The van der Waals surface area contributed by atoms with Crippen LogP contribution < -0.4 is 20.1 Å². The zero-order valence-electron chi connectivity index (χ0n) is 13.5. The summed E-state index contributed by atoms with van der Waals surface area (Å²) >= 11 is 0. The molecule has 1 aliphatic rings. The van der Waals surface area contributed by atoms with Crippen molar-refractivity contribution in [2.75, 3.05) is 23.8 Å². The molecule has 2 N–H and O–H groups in total. The molecule has 0 saturated carbocycles. The molecule has 2 heterocycles. The molecule has 0 aliphatic carbocycles. The standard InChI is InChI=1S/C18H14F2N4O2/c19-11-1-3-14(13(20)7-11)24-18-9-17(21-10-22-18)23-12-2-4-15-16(8-12)26-6-5-25-15/h1-4,7-10H,5-6H2,(H2,21,22,23,24).